The zero-order chi connectivity index (χ0) is 10.8. The summed E-state index contributed by atoms with van der Waals surface area (Å²) in [5.74, 6) is 0. The van der Waals surface area contributed by atoms with Gasteiger partial charge in [-0.15, -0.1) is 0 Å². The fourth-order valence-electron chi connectivity index (χ4n) is 1.76. The van der Waals surface area contributed by atoms with E-state index in [0.717, 1.165) is 32.3 Å². The second-order valence-corrected chi connectivity index (χ2v) is 3.27. The Bertz CT molecular complexity index is 114. The van der Waals surface area contributed by atoms with Gasteiger partial charge in [-0.3, -0.25) is 4.90 Å². The van der Waals surface area contributed by atoms with Crippen LogP contribution in [0.25, 0.3) is 0 Å². The van der Waals surface area contributed by atoms with E-state index in [1.54, 1.807) is 7.11 Å². The first-order valence-corrected chi connectivity index (χ1v) is 5.82. The third kappa shape index (κ3) is 4.94. The van der Waals surface area contributed by atoms with Gasteiger partial charge in [0, 0.05) is 26.2 Å². The molecule has 0 radical (unpaired) electrons. The highest BCUT2D eigenvalue weighted by Crippen LogP contribution is 2.07. The van der Waals surface area contributed by atoms with Crippen molar-refractivity contribution in [3.63, 3.8) is 0 Å². The van der Waals surface area contributed by atoms with Crippen molar-refractivity contribution in [1.29, 1.82) is 0 Å². The van der Waals surface area contributed by atoms with Crippen molar-refractivity contribution in [1.82, 2.24) is 10.2 Å². The molecule has 0 spiro atoms. The summed E-state index contributed by atoms with van der Waals surface area (Å²) in [4.78, 5) is 2.49. The van der Waals surface area contributed by atoms with Crippen LogP contribution in [0.5, 0.6) is 0 Å². The van der Waals surface area contributed by atoms with Gasteiger partial charge in [0.05, 0.1) is 6.61 Å². The molecule has 1 heterocycles. The van der Waals surface area contributed by atoms with Crippen molar-refractivity contribution < 1.29 is 4.74 Å². The summed E-state index contributed by atoms with van der Waals surface area (Å²) in [7, 11) is 1.76. The number of hydrogen-bond donors (Lipinski definition) is 1. The van der Waals surface area contributed by atoms with Crippen LogP contribution in [0.1, 0.15) is 27.2 Å². The second kappa shape index (κ2) is 9.44. The van der Waals surface area contributed by atoms with Crippen LogP contribution in [0, 0.1) is 0 Å². The summed E-state index contributed by atoms with van der Waals surface area (Å²) < 4.78 is 5.07. The summed E-state index contributed by atoms with van der Waals surface area (Å²) in [5, 5.41) is 3.38. The molecular formula is C11H26N2O. The van der Waals surface area contributed by atoms with Crippen molar-refractivity contribution in [3.8, 4) is 0 Å². The Morgan fingerprint density at radius 1 is 1.43 bits per heavy atom. The molecule has 1 unspecified atom stereocenters. The summed E-state index contributed by atoms with van der Waals surface area (Å²) in [6, 6.07) is 0.741. The van der Waals surface area contributed by atoms with Crippen molar-refractivity contribution in [3.05, 3.63) is 0 Å². The average molecular weight is 202 g/mol. The Morgan fingerprint density at radius 2 is 2.14 bits per heavy atom. The monoisotopic (exact) mass is 202 g/mol. The zero-order valence-corrected chi connectivity index (χ0v) is 10.2. The maximum absolute atomic E-state index is 5.07. The predicted octanol–water partition coefficient (Wildman–Crippen LogP) is 1.34. The van der Waals surface area contributed by atoms with E-state index in [4.69, 9.17) is 4.74 Å². The summed E-state index contributed by atoms with van der Waals surface area (Å²) in [5.41, 5.74) is 0. The minimum atomic E-state index is 0.741. The number of likely N-dealkylation sites (N-methyl/N-ethyl adjacent to an activating group) is 1. The van der Waals surface area contributed by atoms with Crippen LogP contribution in [-0.4, -0.2) is 50.8 Å². The van der Waals surface area contributed by atoms with Crippen LogP contribution >= 0.6 is 0 Å². The number of nitrogens with one attached hydrogen (secondary N) is 1. The van der Waals surface area contributed by atoms with Crippen LogP contribution in [0.3, 0.4) is 0 Å². The molecule has 86 valence electrons. The van der Waals surface area contributed by atoms with Crippen LogP contribution in [0.2, 0.25) is 0 Å². The van der Waals surface area contributed by atoms with E-state index in [1.165, 1.54) is 13.0 Å². The average Bonchev–Trinajstić information content (AvgIpc) is 2.76. The molecule has 3 nitrogen and oxygen atoms in total. The van der Waals surface area contributed by atoms with Gasteiger partial charge in [-0.1, -0.05) is 20.8 Å². The van der Waals surface area contributed by atoms with E-state index in [2.05, 4.69) is 17.1 Å². The first-order chi connectivity index (χ1) is 6.88. The second-order valence-electron chi connectivity index (χ2n) is 3.27. The third-order valence-corrected chi connectivity index (χ3v) is 2.54. The van der Waals surface area contributed by atoms with Gasteiger partial charge < -0.3 is 10.1 Å². The minimum Gasteiger partial charge on any atom is -0.383 e. The molecule has 0 aromatic heterocycles. The molecule has 1 atom stereocenters. The highest BCUT2D eigenvalue weighted by Gasteiger charge is 2.19. The number of ether oxygens (including phenoxy) is 1. The predicted molar refractivity (Wildman–Crippen MR) is 61.7 cm³/mol. The van der Waals surface area contributed by atoms with E-state index in [9.17, 15) is 0 Å². The van der Waals surface area contributed by atoms with Crippen LogP contribution in [0.15, 0.2) is 0 Å². The maximum Gasteiger partial charge on any atom is 0.0589 e. The maximum atomic E-state index is 5.07. The quantitative estimate of drug-likeness (QED) is 0.728. The van der Waals surface area contributed by atoms with E-state index >= 15 is 0 Å². The largest absolute Gasteiger partial charge is 0.383 e. The molecule has 1 aliphatic heterocycles. The molecule has 0 aromatic rings. The molecule has 1 aliphatic rings. The Labute approximate surface area is 88.8 Å². The molecular weight excluding hydrogens is 176 g/mol. The van der Waals surface area contributed by atoms with Gasteiger partial charge in [-0.05, 0) is 19.5 Å². The lowest BCUT2D eigenvalue weighted by atomic mass is 10.2. The van der Waals surface area contributed by atoms with E-state index < -0.39 is 0 Å². The number of methoxy groups -OCH3 is 1. The van der Waals surface area contributed by atoms with E-state index in [-0.39, 0.29) is 0 Å². The fraction of sp³-hybridized carbons (Fsp3) is 1.00. The Morgan fingerprint density at radius 3 is 2.57 bits per heavy atom. The molecule has 0 aliphatic carbocycles. The summed E-state index contributed by atoms with van der Waals surface area (Å²) >= 11 is 0. The topological polar surface area (TPSA) is 24.5 Å². The van der Waals surface area contributed by atoms with Gasteiger partial charge in [-0.2, -0.15) is 0 Å². The molecule has 0 amide bonds. The minimum absolute atomic E-state index is 0.741. The van der Waals surface area contributed by atoms with E-state index in [1.807, 2.05) is 13.8 Å². The van der Waals surface area contributed by atoms with Crippen LogP contribution < -0.4 is 5.32 Å². The smallest absolute Gasteiger partial charge is 0.0589 e. The Hall–Kier alpha value is -0.120. The fourth-order valence-corrected chi connectivity index (χ4v) is 1.76. The first-order valence-electron chi connectivity index (χ1n) is 5.82. The van der Waals surface area contributed by atoms with Crippen LogP contribution in [0.4, 0.5) is 0 Å². The molecule has 0 saturated carbocycles. The molecule has 1 fully saturated rings. The first kappa shape index (κ1) is 13.9. The lowest BCUT2D eigenvalue weighted by molar-refractivity contribution is 0.129. The molecule has 0 aromatic carbocycles. The molecule has 3 heteroatoms. The van der Waals surface area contributed by atoms with Gasteiger partial charge in [0.1, 0.15) is 0 Å². The number of hydrogen-bond acceptors (Lipinski definition) is 3. The van der Waals surface area contributed by atoms with Gasteiger partial charge in [0.25, 0.3) is 0 Å². The van der Waals surface area contributed by atoms with Crippen molar-refractivity contribution in [2.24, 2.45) is 0 Å². The lowest BCUT2D eigenvalue weighted by Gasteiger charge is -2.26. The van der Waals surface area contributed by atoms with Gasteiger partial charge in [0.2, 0.25) is 0 Å². The van der Waals surface area contributed by atoms with Gasteiger partial charge in [-0.25, -0.2) is 0 Å². The zero-order valence-electron chi connectivity index (χ0n) is 10.2. The SMILES string of the molecule is CC.CCN(CCOC)C1CCNC1. The highest BCUT2D eigenvalue weighted by atomic mass is 16.5. The molecule has 0 bridgehead atoms. The Kier molecular flexibility index (Phi) is 9.35. The summed E-state index contributed by atoms with van der Waals surface area (Å²) in [6.45, 7) is 11.6. The van der Waals surface area contributed by atoms with Gasteiger partial charge in [0.15, 0.2) is 0 Å². The molecule has 14 heavy (non-hydrogen) atoms. The van der Waals surface area contributed by atoms with E-state index in [0.29, 0.717) is 0 Å². The lowest BCUT2D eigenvalue weighted by Crippen LogP contribution is -2.38. The third-order valence-electron chi connectivity index (χ3n) is 2.54. The molecule has 1 rings (SSSR count). The van der Waals surface area contributed by atoms with Crippen molar-refractivity contribution >= 4 is 0 Å². The normalized spacial score (nSPS) is 20.8. The van der Waals surface area contributed by atoms with Gasteiger partial charge >= 0.3 is 0 Å². The molecule has 1 N–H and O–H groups in total. The summed E-state index contributed by atoms with van der Waals surface area (Å²) in [6.07, 6.45) is 1.29. The highest BCUT2D eigenvalue weighted by molar-refractivity contribution is 4.79. The van der Waals surface area contributed by atoms with Crippen LogP contribution in [-0.2, 0) is 4.74 Å². The number of rotatable bonds is 5. The van der Waals surface area contributed by atoms with Crippen molar-refractivity contribution in [2.75, 3.05) is 39.9 Å². The standard InChI is InChI=1S/C9H20N2O.C2H6/c1-3-11(6-7-12-2)9-4-5-10-8-9;1-2/h9-10H,3-8H2,1-2H3;1-2H3. The number of nitrogens with zero attached hydrogens (tertiary/aromatic N) is 1. The van der Waals surface area contributed by atoms with Crippen molar-refractivity contribution in [2.45, 2.75) is 33.2 Å². The molecule has 1 saturated heterocycles. The Balaban J connectivity index is 0.000000791.